The fourth-order valence-corrected chi connectivity index (χ4v) is 5.96. The summed E-state index contributed by atoms with van der Waals surface area (Å²) in [4.78, 5) is 46.4. The van der Waals surface area contributed by atoms with E-state index in [1.807, 2.05) is 68.1 Å². The Morgan fingerprint density at radius 1 is 1.00 bits per heavy atom. The Balaban J connectivity index is 1.44. The first-order valence-electron chi connectivity index (χ1n) is 14.4. The highest BCUT2D eigenvalue weighted by atomic mass is 16.7. The molecule has 3 amide bonds. The molecule has 2 atom stereocenters. The van der Waals surface area contributed by atoms with E-state index in [4.69, 9.17) is 14.2 Å². The minimum absolute atomic E-state index is 0.00745. The number of anilines is 1. The average molecular weight is 581 g/mol. The molecule has 3 aliphatic rings. The number of carbonyl (C=O) groups excluding carboxylic acids is 2. The van der Waals surface area contributed by atoms with Crippen molar-refractivity contribution >= 4 is 23.6 Å². The maximum Gasteiger partial charge on any atom is 0.407 e. The van der Waals surface area contributed by atoms with E-state index >= 15 is 0 Å². The van der Waals surface area contributed by atoms with Gasteiger partial charge in [-0.1, -0.05) is 32.9 Å². The van der Waals surface area contributed by atoms with Gasteiger partial charge in [-0.05, 0) is 41.7 Å². The van der Waals surface area contributed by atoms with Crippen LogP contribution in [0.5, 0.6) is 17.2 Å². The van der Waals surface area contributed by atoms with Crippen LogP contribution in [0.1, 0.15) is 39.2 Å². The van der Waals surface area contributed by atoms with Gasteiger partial charge in [0.15, 0.2) is 11.5 Å². The highest BCUT2D eigenvalue weighted by molar-refractivity contribution is 5.95. The van der Waals surface area contributed by atoms with Crippen LogP contribution in [-0.4, -0.2) is 96.4 Å². The van der Waals surface area contributed by atoms with E-state index in [2.05, 4.69) is 4.90 Å². The quantitative estimate of drug-likeness (QED) is 0.528. The van der Waals surface area contributed by atoms with Crippen molar-refractivity contribution in [3.05, 3.63) is 48.0 Å². The smallest absolute Gasteiger partial charge is 0.407 e. The van der Waals surface area contributed by atoms with Crippen molar-refractivity contribution < 1.29 is 33.7 Å². The lowest BCUT2D eigenvalue weighted by Gasteiger charge is -2.36. The predicted molar refractivity (Wildman–Crippen MR) is 156 cm³/mol. The van der Waals surface area contributed by atoms with E-state index in [0.717, 1.165) is 11.3 Å². The molecule has 226 valence electrons. The summed E-state index contributed by atoms with van der Waals surface area (Å²) in [6.45, 7) is 8.51. The van der Waals surface area contributed by atoms with Crippen LogP contribution in [0.3, 0.4) is 0 Å². The van der Waals surface area contributed by atoms with Gasteiger partial charge in [-0.25, -0.2) is 4.79 Å². The Bertz CT molecular complexity index is 1320. The van der Waals surface area contributed by atoms with E-state index in [9.17, 15) is 19.5 Å². The van der Waals surface area contributed by atoms with Crippen LogP contribution in [0.25, 0.3) is 0 Å². The molecule has 2 saturated heterocycles. The molecule has 1 N–H and O–H groups in total. The lowest BCUT2D eigenvalue weighted by atomic mass is 9.91. The lowest BCUT2D eigenvalue weighted by molar-refractivity contribution is -0.137. The minimum Gasteiger partial charge on any atom is -0.497 e. The monoisotopic (exact) mass is 580 g/mol. The average Bonchev–Trinajstić information content (AvgIpc) is 3.59. The van der Waals surface area contributed by atoms with Crippen molar-refractivity contribution in [3.8, 4) is 17.2 Å². The largest absolute Gasteiger partial charge is 0.497 e. The number of nitrogens with zero attached hydrogens (tertiary/aromatic N) is 4. The number of ether oxygens (including phenoxy) is 3. The number of methoxy groups -OCH3 is 1. The third-order valence-corrected chi connectivity index (χ3v) is 8.00. The van der Waals surface area contributed by atoms with Gasteiger partial charge in [0.05, 0.1) is 19.2 Å². The van der Waals surface area contributed by atoms with Crippen molar-refractivity contribution in [2.24, 2.45) is 5.41 Å². The standard InChI is InChI=1S/C31H40N4O7/c1-31(2,3)17-28(36)35(22-6-5-7-24(15-22)40-4)23-16-25(29(37)32-10-12-33(13-11-32)30(38)39)34(19-23)18-21-8-9-26-27(14-21)42-20-41-26/h5-9,14-15,23,25H,10-13,16-20H2,1-4H3,(H,38,39)/t23-,25+/m1/s1. The fraction of sp³-hybridized carbons (Fsp3) is 0.516. The number of fused-ring (bicyclic) bond motifs is 1. The molecule has 2 fully saturated rings. The van der Waals surface area contributed by atoms with Crippen molar-refractivity contribution in [2.45, 2.75) is 52.2 Å². The first-order chi connectivity index (χ1) is 20.0. The fourth-order valence-electron chi connectivity index (χ4n) is 5.96. The molecule has 0 saturated carbocycles. The zero-order valence-corrected chi connectivity index (χ0v) is 24.7. The summed E-state index contributed by atoms with van der Waals surface area (Å²) in [6, 6.07) is 12.5. The van der Waals surface area contributed by atoms with Crippen LogP contribution >= 0.6 is 0 Å². The van der Waals surface area contributed by atoms with Crippen LogP contribution in [-0.2, 0) is 16.1 Å². The number of hydrogen-bond acceptors (Lipinski definition) is 7. The molecule has 2 aromatic rings. The number of rotatable bonds is 7. The molecule has 11 nitrogen and oxygen atoms in total. The van der Waals surface area contributed by atoms with Gasteiger partial charge < -0.3 is 34.0 Å². The lowest BCUT2D eigenvalue weighted by Crippen LogP contribution is -2.54. The van der Waals surface area contributed by atoms with Crippen molar-refractivity contribution in [1.29, 1.82) is 0 Å². The van der Waals surface area contributed by atoms with Gasteiger partial charge in [0.25, 0.3) is 0 Å². The molecule has 2 aromatic carbocycles. The Morgan fingerprint density at radius 2 is 1.71 bits per heavy atom. The second-order valence-electron chi connectivity index (χ2n) is 12.3. The number of likely N-dealkylation sites (tertiary alicyclic amines) is 1. The summed E-state index contributed by atoms with van der Waals surface area (Å²) in [7, 11) is 1.60. The summed E-state index contributed by atoms with van der Waals surface area (Å²) >= 11 is 0. The molecular weight excluding hydrogens is 540 g/mol. The molecule has 0 aromatic heterocycles. The molecule has 42 heavy (non-hydrogen) atoms. The number of carbonyl (C=O) groups is 3. The third kappa shape index (κ3) is 6.56. The van der Waals surface area contributed by atoms with Crippen molar-refractivity contribution in [3.63, 3.8) is 0 Å². The van der Waals surface area contributed by atoms with Gasteiger partial charge in [-0.15, -0.1) is 0 Å². The summed E-state index contributed by atoms with van der Waals surface area (Å²) in [5, 5.41) is 9.37. The van der Waals surface area contributed by atoms with E-state index in [0.29, 0.717) is 56.3 Å². The number of benzene rings is 2. The molecule has 0 unspecified atom stereocenters. The Morgan fingerprint density at radius 3 is 2.40 bits per heavy atom. The topological polar surface area (TPSA) is 112 Å². The van der Waals surface area contributed by atoms with E-state index < -0.39 is 12.1 Å². The SMILES string of the molecule is COc1cccc(N(C(=O)CC(C)(C)C)[C@@H]2C[C@@H](C(=O)N3CCN(C(=O)O)CC3)N(Cc3ccc4c(c3)OCO4)C2)c1. The van der Waals surface area contributed by atoms with Gasteiger partial charge in [-0.2, -0.15) is 0 Å². The molecule has 0 aliphatic carbocycles. The maximum absolute atomic E-state index is 14.0. The van der Waals surface area contributed by atoms with Gasteiger partial charge in [0.1, 0.15) is 5.75 Å². The van der Waals surface area contributed by atoms with Gasteiger partial charge in [0.2, 0.25) is 18.6 Å². The molecule has 5 rings (SSSR count). The van der Waals surface area contributed by atoms with Gasteiger partial charge >= 0.3 is 6.09 Å². The van der Waals surface area contributed by atoms with Crippen LogP contribution in [0, 0.1) is 5.41 Å². The highest BCUT2D eigenvalue weighted by Gasteiger charge is 2.43. The maximum atomic E-state index is 14.0. The summed E-state index contributed by atoms with van der Waals surface area (Å²) in [5.74, 6) is 1.97. The Labute approximate surface area is 246 Å². The number of piperazine rings is 1. The Kier molecular flexibility index (Phi) is 8.49. The van der Waals surface area contributed by atoms with E-state index in [1.54, 1.807) is 12.0 Å². The molecule has 0 bridgehead atoms. The van der Waals surface area contributed by atoms with Crippen LogP contribution in [0.15, 0.2) is 42.5 Å². The first kappa shape index (κ1) is 29.5. The van der Waals surface area contributed by atoms with Crippen LogP contribution in [0.2, 0.25) is 0 Å². The number of hydrogen-bond donors (Lipinski definition) is 1. The van der Waals surface area contributed by atoms with Gasteiger partial charge in [-0.3, -0.25) is 14.5 Å². The summed E-state index contributed by atoms with van der Waals surface area (Å²) < 4.78 is 16.5. The molecule has 0 spiro atoms. The van der Waals surface area contributed by atoms with Crippen LogP contribution in [0.4, 0.5) is 10.5 Å². The summed E-state index contributed by atoms with van der Waals surface area (Å²) in [6.07, 6.45) is -0.174. The first-order valence-corrected chi connectivity index (χ1v) is 14.4. The molecule has 3 aliphatic heterocycles. The highest BCUT2D eigenvalue weighted by Crippen LogP contribution is 2.36. The molecule has 3 heterocycles. The minimum atomic E-state index is -0.973. The van der Waals surface area contributed by atoms with E-state index in [-0.39, 0.29) is 43.2 Å². The number of amides is 3. The molecule has 11 heteroatoms. The van der Waals surface area contributed by atoms with Gasteiger partial charge in [0, 0.05) is 57.4 Å². The van der Waals surface area contributed by atoms with Crippen molar-refractivity contribution in [1.82, 2.24) is 14.7 Å². The second kappa shape index (κ2) is 12.1. The number of carboxylic acid groups (broad SMARTS) is 1. The molecular formula is C31H40N4O7. The third-order valence-electron chi connectivity index (χ3n) is 8.00. The zero-order valence-electron chi connectivity index (χ0n) is 24.7. The van der Waals surface area contributed by atoms with E-state index in [1.165, 1.54) is 4.90 Å². The zero-order chi connectivity index (χ0) is 30.0. The predicted octanol–water partition coefficient (Wildman–Crippen LogP) is 3.66. The van der Waals surface area contributed by atoms with Crippen LogP contribution < -0.4 is 19.1 Å². The normalized spacial score (nSPS) is 20.5. The van der Waals surface area contributed by atoms with Crippen molar-refractivity contribution in [2.75, 3.05) is 51.5 Å². The second-order valence-corrected chi connectivity index (χ2v) is 12.3. The Hall–Kier alpha value is -3.99. The molecule has 0 radical (unpaired) electrons. The summed E-state index contributed by atoms with van der Waals surface area (Å²) in [5.41, 5.74) is 1.49.